The van der Waals surface area contributed by atoms with E-state index in [1.807, 2.05) is 0 Å². The van der Waals surface area contributed by atoms with Crippen molar-refractivity contribution in [2.24, 2.45) is 0 Å². The Labute approximate surface area is 155 Å². The highest BCUT2D eigenvalue weighted by atomic mass is 32.2. The summed E-state index contributed by atoms with van der Waals surface area (Å²) in [7, 11) is -2.11. The third kappa shape index (κ3) is 4.67. The molecule has 0 unspecified atom stereocenters. The van der Waals surface area contributed by atoms with E-state index in [4.69, 9.17) is 9.15 Å². The Morgan fingerprint density at radius 3 is 2.59 bits per heavy atom. The first kappa shape index (κ1) is 18.5. The molecule has 1 aromatic carbocycles. The number of anilines is 1. The van der Waals surface area contributed by atoms with Crippen molar-refractivity contribution in [2.45, 2.75) is 11.3 Å². The van der Waals surface area contributed by atoms with Gasteiger partial charge in [0.1, 0.15) is 11.4 Å². The molecule has 3 rings (SSSR count). The van der Waals surface area contributed by atoms with Gasteiger partial charge in [0.25, 0.3) is 5.89 Å². The Morgan fingerprint density at radius 1 is 1.15 bits per heavy atom. The van der Waals surface area contributed by atoms with Crippen LogP contribution in [0, 0.1) is 0 Å². The highest BCUT2D eigenvalue weighted by molar-refractivity contribution is 7.91. The van der Waals surface area contributed by atoms with Crippen LogP contribution in [0.1, 0.15) is 6.42 Å². The van der Waals surface area contributed by atoms with Gasteiger partial charge in [0.05, 0.1) is 17.8 Å². The van der Waals surface area contributed by atoms with E-state index in [0.717, 1.165) is 0 Å². The molecule has 3 aromatic rings. The van der Waals surface area contributed by atoms with Gasteiger partial charge >= 0.3 is 6.01 Å². The number of ether oxygens (including phenoxy) is 1. The molecule has 0 spiro atoms. The topological polar surface area (TPSA) is 124 Å². The zero-order chi connectivity index (χ0) is 19.3. The van der Waals surface area contributed by atoms with Gasteiger partial charge in [-0.1, -0.05) is 11.2 Å². The summed E-state index contributed by atoms with van der Waals surface area (Å²) in [4.78, 5) is 16.2. The third-order valence-corrected chi connectivity index (χ3v) is 5.30. The molecule has 140 valence electrons. The zero-order valence-electron chi connectivity index (χ0n) is 14.3. The standard InChI is InChI=1S/C17H16N4O5S/c1-25-12-5-7-13(8-6-12)27(23,24)11-9-15(22)19-17-21-20-16(26-17)14-4-2-3-10-18-14/h2-8,10H,9,11H2,1H3,(H,19,21,22). The van der Waals surface area contributed by atoms with Crippen molar-refractivity contribution in [3.8, 4) is 17.3 Å². The van der Waals surface area contributed by atoms with Gasteiger partial charge in [0.2, 0.25) is 5.91 Å². The molecule has 0 aliphatic heterocycles. The second-order valence-corrected chi connectivity index (χ2v) is 7.53. The molecule has 1 N–H and O–H groups in total. The Kier molecular flexibility index (Phi) is 5.46. The molecule has 1 amide bonds. The van der Waals surface area contributed by atoms with E-state index in [-0.39, 0.29) is 29.0 Å². The number of benzene rings is 1. The van der Waals surface area contributed by atoms with Gasteiger partial charge in [-0.05, 0) is 36.4 Å². The molecule has 0 saturated carbocycles. The van der Waals surface area contributed by atoms with Crippen LogP contribution >= 0.6 is 0 Å². The molecular formula is C17H16N4O5S. The van der Waals surface area contributed by atoms with Crippen molar-refractivity contribution in [3.05, 3.63) is 48.7 Å². The summed E-state index contributed by atoms with van der Waals surface area (Å²) in [5.74, 6) is -0.210. The van der Waals surface area contributed by atoms with Crippen molar-refractivity contribution in [2.75, 3.05) is 18.2 Å². The Balaban J connectivity index is 1.58. The number of aromatic nitrogens is 3. The number of nitrogens with zero attached hydrogens (tertiary/aromatic N) is 3. The largest absolute Gasteiger partial charge is 0.497 e. The molecule has 9 nitrogen and oxygen atoms in total. The molecule has 0 atom stereocenters. The number of carbonyl (C=O) groups is 1. The maximum Gasteiger partial charge on any atom is 0.322 e. The molecule has 2 heterocycles. The smallest absolute Gasteiger partial charge is 0.322 e. The number of carbonyl (C=O) groups excluding carboxylic acids is 1. The summed E-state index contributed by atoms with van der Waals surface area (Å²) in [6.45, 7) is 0. The molecule has 0 saturated heterocycles. The van der Waals surface area contributed by atoms with Crippen LogP contribution in [-0.4, -0.2) is 42.4 Å². The van der Waals surface area contributed by atoms with Crippen LogP contribution in [0.2, 0.25) is 0 Å². The minimum Gasteiger partial charge on any atom is -0.497 e. The minimum absolute atomic E-state index is 0.117. The van der Waals surface area contributed by atoms with Gasteiger partial charge in [0, 0.05) is 12.6 Å². The second-order valence-electron chi connectivity index (χ2n) is 5.42. The van der Waals surface area contributed by atoms with E-state index in [1.165, 1.54) is 19.2 Å². The third-order valence-electron chi connectivity index (χ3n) is 3.57. The number of hydrogen-bond acceptors (Lipinski definition) is 8. The van der Waals surface area contributed by atoms with Crippen molar-refractivity contribution in [1.29, 1.82) is 0 Å². The van der Waals surface area contributed by atoms with Gasteiger partial charge in [0.15, 0.2) is 9.84 Å². The van der Waals surface area contributed by atoms with Gasteiger partial charge in [-0.2, -0.15) is 0 Å². The summed E-state index contributed by atoms with van der Waals surface area (Å²) < 4.78 is 34.9. The summed E-state index contributed by atoms with van der Waals surface area (Å²) in [5, 5.41) is 9.87. The highest BCUT2D eigenvalue weighted by Gasteiger charge is 2.18. The predicted molar refractivity (Wildman–Crippen MR) is 95.8 cm³/mol. The number of nitrogens with one attached hydrogen (secondary N) is 1. The average molecular weight is 388 g/mol. The highest BCUT2D eigenvalue weighted by Crippen LogP contribution is 2.19. The SMILES string of the molecule is COc1ccc(S(=O)(=O)CCC(=O)Nc2nnc(-c3ccccn3)o2)cc1. The Morgan fingerprint density at radius 2 is 1.93 bits per heavy atom. The molecule has 0 fully saturated rings. The summed E-state index contributed by atoms with van der Waals surface area (Å²) in [5.41, 5.74) is 0.465. The Bertz CT molecular complexity index is 1020. The van der Waals surface area contributed by atoms with E-state index in [1.54, 1.807) is 36.5 Å². The first-order chi connectivity index (χ1) is 13.0. The number of sulfone groups is 1. The quantitative estimate of drug-likeness (QED) is 0.651. The number of pyridine rings is 1. The molecular weight excluding hydrogens is 372 g/mol. The van der Waals surface area contributed by atoms with Crippen molar-refractivity contribution in [1.82, 2.24) is 15.2 Å². The normalized spacial score (nSPS) is 11.1. The zero-order valence-corrected chi connectivity index (χ0v) is 15.1. The summed E-state index contributed by atoms with van der Waals surface area (Å²) in [6, 6.07) is 11.0. The van der Waals surface area contributed by atoms with Crippen LogP contribution in [0.4, 0.5) is 6.01 Å². The number of rotatable bonds is 7. The fraction of sp³-hybridized carbons (Fsp3) is 0.176. The molecule has 27 heavy (non-hydrogen) atoms. The lowest BCUT2D eigenvalue weighted by atomic mass is 10.3. The van der Waals surface area contributed by atoms with Crippen LogP contribution < -0.4 is 10.1 Å². The summed E-state index contributed by atoms with van der Waals surface area (Å²) in [6.07, 6.45) is 1.32. The van der Waals surface area contributed by atoms with E-state index >= 15 is 0 Å². The monoisotopic (exact) mass is 388 g/mol. The van der Waals surface area contributed by atoms with Gasteiger partial charge in [-0.3, -0.25) is 15.1 Å². The van der Waals surface area contributed by atoms with Crippen LogP contribution in [0.3, 0.4) is 0 Å². The molecule has 0 bridgehead atoms. The fourth-order valence-electron chi connectivity index (χ4n) is 2.18. The second kappa shape index (κ2) is 7.96. The van der Waals surface area contributed by atoms with Crippen molar-refractivity contribution in [3.63, 3.8) is 0 Å². The van der Waals surface area contributed by atoms with E-state index in [9.17, 15) is 13.2 Å². The lowest BCUT2D eigenvalue weighted by Gasteiger charge is -2.05. The predicted octanol–water partition coefficient (Wildman–Crippen LogP) is 1.94. The minimum atomic E-state index is -3.60. The number of amides is 1. The van der Waals surface area contributed by atoms with Crippen LogP contribution in [0.25, 0.3) is 11.6 Å². The number of hydrogen-bond donors (Lipinski definition) is 1. The van der Waals surface area contributed by atoms with Gasteiger partial charge in [-0.15, -0.1) is 5.10 Å². The number of methoxy groups -OCH3 is 1. The maximum atomic E-state index is 12.3. The lowest BCUT2D eigenvalue weighted by molar-refractivity contribution is -0.115. The van der Waals surface area contributed by atoms with Gasteiger partial charge < -0.3 is 9.15 Å². The van der Waals surface area contributed by atoms with Crippen LogP contribution in [-0.2, 0) is 14.6 Å². The van der Waals surface area contributed by atoms with E-state index in [0.29, 0.717) is 11.4 Å². The Hall–Kier alpha value is -3.27. The molecule has 0 aliphatic rings. The average Bonchev–Trinajstić information content (AvgIpc) is 3.16. The first-order valence-corrected chi connectivity index (χ1v) is 9.55. The maximum absolute atomic E-state index is 12.3. The fourth-order valence-corrected chi connectivity index (χ4v) is 3.42. The van der Waals surface area contributed by atoms with E-state index in [2.05, 4.69) is 20.5 Å². The molecule has 10 heteroatoms. The van der Waals surface area contributed by atoms with Crippen LogP contribution in [0.5, 0.6) is 5.75 Å². The van der Waals surface area contributed by atoms with E-state index < -0.39 is 15.7 Å². The molecule has 0 aliphatic carbocycles. The lowest BCUT2D eigenvalue weighted by Crippen LogP contribution is -2.17. The molecule has 0 radical (unpaired) electrons. The van der Waals surface area contributed by atoms with Crippen molar-refractivity contribution < 1.29 is 22.4 Å². The van der Waals surface area contributed by atoms with Crippen LogP contribution in [0.15, 0.2) is 58.0 Å². The summed E-state index contributed by atoms with van der Waals surface area (Å²) >= 11 is 0. The van der Waals surface area contributed by atoms with Crippen molar-refractivity contribution >= 4 is 21.8 Å². The molecule has 2 aromatic heterocycles. The first-order valence-electron chi connectivity index (χ1n) is 7.89. The van der Waals surface area contributed by atoms with Gasteiger partial charge in [-0.25, -0.2) is 8.42 Å².